The molecule has 0 aromatic carbocycles. The highest BCUT2D eigenvalue weighted by Gasteiger charge is 2.25. The van der Waals surface area contributed by atoms with E-state index < -0.39 is 24.3 Å². The molecular formula is C80H142NO8+. The topological polar surface area (TPSA) is 108 Å². The second kappa shape index (κ2) is 70.1. The van der Waals surface area contributed by atoms with E-state index in [0.717, 1.165) is 96.3 Å². The molecular weight excluding hydrogens is 1100 g/mol. The van der Waals surface area contributed by atoms with E-state index in [1.165, 1.54) is 205 Å². The number of carboxylic acid groups (broad SMARTS) is 1. The second-order valence-corrected chi connectivity index (χ2v) is 26.2. The lowest BCUT2D eigenvalue weighted by molar-refractivity contribution is -0.870. The van der Waals surface area contributed by atoms with Crippen molar-refractivity contribution in [1.29, 1.82) is 0 Å². The van der Waals surface area contributed by atoms with Crippen LogP contribution in [0.1, 0.15) is 335 Å². The van der Waals surface area contributed by atoms with Gasteiger partial charge in [-0.05, 0) is 77.0 Å². The van der Waals surface area contributed by atoms with Gasteiger partial charge in [-0.2, -0.15) is 0 Å². The summed E-state index contributed by atoms with van der Waals surface area (Å²) >= 11 is 0. The molecule has 0 spiro atoms. The van der Waals surface area contributed by atoms with Crippen LogP contribution in [0.15, 0.2) is 97.2 Å². The molecule has 0 fully saturated rings. The van der Waals surface area contributed by atoms with E-state index in [2.05, 4.69) is 111 Å². The van der Waals surface area contributed by atoms with Crippen LogP contribution in [0.3, 0.4) is 0 Å². The number of aliphatic carboxylic acids is 1. The van der Waals surface area contributed by atoms with Gasteiger partial charge in [0, 0.05) is 12.8 Å². The number of esters is 2. The number of nitrogens with zero attached hydrogens (tertiary/aromatic N) is 1. The standard InChI is InChI=1S/C80H141NO8/c1-6-8-10-12-14-16-18-20-22-24-26-28-30-32-34-36-37-38-39-40-41-43-45-47-49-51-53-55-57-59-61-63-65-67-69-71-78(83)89-76(75-88-80(79(84)85)86-73-72-81(3,4)5)74-87-77(82)70-68-66-64-62-60-58-56-54-52-50-48-46-44-42-35-33-31-29-27-25-23-21-19-17-15-13-11-9-7-2/h8,10,14,16,20,22,26,28,32,34,37-38,40-41,45,47,76,80H,6-7,9,11-13,15,17-19,21,23-25,27,29-31,33,35-36,39,42-44,46,48-75H2,1-5H3/p+1/b10-8-,16-14-,22-20-,28-26-,34-32-,38-37-,41-40-,47-45-. The number of carbonyl (C=O) groups is 3. The summed E-state index contributed by atoms with van der Waals surface area (Å²) in [5.41, 5.74) is 0. The Kier molecular flexibility index (Phi) is 67.1. The van der Waals surface area contributed by atoms with E-state index in [9.17, 15) is 19.5 Å². The first-order valence-electron chi connectivity index (χ1n) is 37.4. The summed E-state index contributed by atoms with van der Waals surface area (Å²) in [6, 6.07) is 0. The lowest BCUT2D eigenvalue weighted by atomic mass is 10.0. The number of quaternary nitrogens is 1. The van der Waals surface area contributed by atoms with Gasteiger partial charge in [0.05, 0.1) is 34.4 Å². The van der Waals surface area contributed by atoms with Crippen LogP contribution in [-0.4, -0.2) is 87.4 Å². The summed E-state index contributed by atoms with van der Waals surface area (Å²) in [5, 5.41) is 9.76. The number of ether oxygens (including phenoxy) is 4. The Morgan fingerprint density at radius 3 is 0.955 bits per heavy atom. The summed E-state index contributed by atoms with van der Waals surface area (Å²) in [7, 11) is 5.98. The Bertz CT molecular complexity index is 1790. The smallest absolute Gasteiger partial charge is 0.361 e. The highest BCUT2D eigenvalue weighted by atomic mass is 16.7. The maximum Gasteiger partial charge on any atom is 0.361 e. The fourth-order valence-electron chi connectivity index (χ4n) is 10.7. The lowest BCUT2D eigenvalue weighted by Crippen LogP contribution is -2.40. The number of likely N-dealkylation sites (N-methyl/N-ethyl adjacent to an activating group) is 1. The molecule has 0 aliphatic rings. The van der Waals surface area contributed by atoms with Crippen molar-refractivity contribution in [2.24, 2.45) is 0 Å². The van der Waals surface area contributed by atoms with Gasteiger partial charge in [-0.3, -0.25) is 9.59 Å². The zero-order valence-corrected chi connectivity index (χ0v) is 58.8. The van der Waals surface area contributed by atoms with Crippen molar-refractivity contribution in [2.75, 3.05) is 47.5 Å². The average molecular weight is 1250 g/mol. The Labute approximate surface area is 550 Å². The minimum atomic E-state index is -1.52. The van der Waals surface area contributed by atoms with Crippen molar-refractivity contribution in [3.63, 3.8) is 0 Å². The Morgan fingerprint density at radius 2 is 0.640 bits per heavy atom. The summed E-state index contributed by atoms with van der Waals surface area (Å²) in [4.78, 5) is 37.7. The average Bonchev–Trinajstić information content (AvgIpc) is 3.64. The van der Waals surface area contributed by atoms with Crippen molar-refractivity contribution in [1.82, 2.24) is 0 Å². The molecule has 9 heteroatoms. The second-order valence-electron chi connectivity index (χ2n) is 26.2. The Hall–Kier alpha value is -3.79. The summed E-state index contributed by atoms with van der Waals surface area (Å²) in [6.07, 6.45) is 93.9. The fraction of sp³-hybridized carbons (Fsp3) is 0.762. The first kappa shape index (κ1) is 85.2. The zero-order chi connectivity index (χ0) is 64.7. The van der Waals surface area contributed by atoms with E-state index in [4.69, 9.17) is 18.9 Å². The van der Waals surface area contributed by atoms with Gasteiger partial charge in [-0.1, -0.05) is 342 Å². The van der Waals surface area contributed by atoms with Gasteiger partial charge in [0.2, 0.25) is 0 Å². The van der Waals surface area contributed by atoms with Crippen LogP contribution in [0.4, 0.5) is 0 Å². The van der Waals surface area contributed by atoms with Crippen LogP contribution in [0.5, 0.6) is 0 Å². The monoisotopic (exact) mass is 1250 g/mol. The van der Waals surface area contributed by atoms with Crippen LogP contribution >= 0.6 is 0 Å². The number of carboxylic acids is 1. The van der Waals surface area contributed by atoms with Crippen LogP contribution in [0.2, 0.25) is 0 Å². The third kappa shape index (κ3) is 71.5. The van der Waals surface area contributed by atoms with Gasteiger partial charge in [0.15, 0.2) is 6.10 Å². The van der Waals surface area contributed by atoms with Gasteiger partial charge in [0.25, 0.3) is 6.29 Å². The van der Waals surface area contributed by atoms with Crippen molar-refractivity contribution in [3.8, 4) is 0 Å². The number of hydrogen-bond acceptors (Lipinski definition) is 7. The summed E-state index contributed by atoms with van der Waals surface area (Å²) in [5.74, 6) is -2.00. The Morgan fingerprint density at radius 1 is 0.348 bits per heavy atom. The summed E-state index contributed by atoms with van der Waals surface area (Å²) < 4.78 is 23.0. The number of rotatable bonds is 69. The van der Waals surface area contributed by atoms with Gasteiger partial charge in [-0.15, -0.1) is 0 Å². The van der Waals surface area contributed by atoms with Gasteiger partial charge in [0.1, 0.15) is 13.2 Å². The molecule has 9 nitrogen and oxygen atoms in total. The molecule has 2 atom stereocenters. The highest BCUT2D eigenvalue weighted by Crippen LogP contribution is 2.18. The molecule has 0 rings (SSSR count). The van der Waals surface area contributed by atoms with E-state index in [1.807, 2.05) is 21.1 Å². The zero-order valence-electron chi connectivity index (χ0n) is 58.8. The molecule has 0 aromatic heterocycles. The molecule has 0 saturated carbocycles. The number of hydrogen-bond donors (Lipinski definition) is 1. The van der Waals surface area contributed by atoms with Crippen LogP contribution < -0.4 is 0 Å². The van der Waals surface area contributed by atoms with E-state index in [0.29, 0.717) is 23.9 Å². The van der Waals surface area contributed by atoms with E-state index in [-0.39, 0.29) is 32.2 Å². The quantitative estimate of drug-likeness (QED) is 0.0211. The lowest BCUT2D eigenvalue weighted by Gasteiger charge is -2.25. The van der Waals surface area contributed by atoms with Gasteiger partial charge in [-0.25, -0.2) is 4.79 Å². The van der Waals surface area contributed by atoms with Gasteiger partial charge < -0.3 is 28.5 Å². The molecule has 0 radical (unpaired) electrons. The normalized spacial score (nSPS) is 13.2. The number of allylic oxidation sites excluding steroid dienone is 16. The molecule has 0 bridgehead atoms. The molecule has 2 unspecified atom stereocenters. The third-order valence-electron chi connectivity index (χ3n) is 16.4. The van der Waals surface area contributed by atoms with Crippen molar-refractivity contribution >= 4 is 17.9 Å². The Balaban J connectivity index is 4.10. The molecule has 0 amide bonds. The molecule has 0 aliphatic heterocycles. The minimum absolute atomic E-state index is 0.184. The van der Waals surface area contributed by atoms with Crippen molar-refractivity contribution < 1.29 is 42.9 Å². The first-order valence-corrected chi connectivity index (χ1v) is 37.4. The van der Waals surface area contributed by atoms with Crippen LogP contribution in [0.25, 0.3) is 0 Å². The predicted octanol–water partition coefficient (Wildman–Crippen LogP) is 23.6. The van der Waals surface area contributed by atoms with E-state index in [1.54, 1.807) is 0 Å². The minimum Gasteiger partial charge on any atom is -0.477 e. The first-order chi connectivity index (χ1) is 43.6. The molecule has 0 heterocycles. The maximum atomic E-state index is 13.0. The van der Waals surface area contributed by atoms with Crippen molar-refractivity contribution in [3.05, 3.63) is 97.2 Å². The molecule has 89 heavy (non-hydrogen) atoms. The maximum absolute atomic E-state index is 13.0. The molecule has 0 saturated heterocycles. The number of unbranched alkanes of at least 4 members (excludes halogenated alkanes) is 38. The van der Waals surface area contributed by atoms with Crippen LogP contribution in [0, 0.1) is 0 Å². The highest BCUT2D eigenvalue weighted by molar-refractivity contribution is 5.71. The number of carbonyl (C=O) groups excluding carboxylic acids is 2. The third-order valence-corrected chi connectivity index (χ3v) is 16.4. The molecule has 1 N–H and O–H groups in total. The SMILES string of the molecule is CC/C=C\C/C=C\C/C=C\C/C=C\C/C=C\C/C=C\C/C=C\C/C=C\CCCCCCCCCCCCC(=O)OC(COC(=O)CCCCCCCCCCCCCCCCCCCCCCCCCCCCCCC)COC(OCC[N+](C)(C)C)C(=O)O. The fourth-order valence-corrected chi connectivity index (χ4v) is 10.7. The summed E-state index contributed by atoms with van der Waals surface area (Å²) in [6.45, 7) is 4.80. The largest absolute Gasteiger partial charge is 0.477 e. The van der Waals surface area contributed by atoms with Gasteiger partial charge >= 0.3 is 17.9 Å². The van der Waals surface area contributed by atoms with Crippen LogP contribution in [-0.2, 0) is 33.3 Å². The van der Waals surface area contributed by atoms with E-state index >= 15 is 0 Å². The molecule has 0 aromatic rings. The molecule has 514 valence electrons. The predicted molar refractivity (Wildman–Crippen MR) is 382 cm³/mol. The molecule has 0 aliphatic carbocycles. The van der Waals surface area contributed by atoms with Crippen molar-refractivity contribution in [2.45, 2.75) is 347 Å².